The molecule has 2 rings (SSSR count). The first-order chi connectivity index (χ1) is 9.95. The number of thiazole rings is 1. The van der Waals surface area contributed by atoms with Crippen LogP contribution in [0.15, 0.2) is 17.8 Å². The van der Waals surface area contributed by atoms with E-state index in [1.165, 1.54) is 11.3 Å². The maximum Gasteiger partial charge on any atom is 0.317 e. The summed E-state index contributed by atoms with van der Waals surface area (Å²) in [6.07, 6.45) is 3.51. The molecule has 0 aliphatic heterocycles. The lowest BCUT2D eigenvalue weighted by Gasteiger charge is -2.20. The number of imidazole rings is 1. The molecule has 0 aromatic carbocycles. The van der Waals surface area contributed by atoms with Crippen molar-refractivity contribution in [3.8, 4) is 0 Å². The van der Waals surface area contributed by atoms with Gasteiger partial charge in [-0.3, -0.25) is 4.79 Å². The van der Waals surface area contributed by atoms with E-state index in [1.54, 1.807) is 19.3 Å². The highest BCUT2D eigenvalue weighted by molar-refractivity contribution is 7.13. The SMILES string of the molecule is CCOC(=O)C(C)(C)c1csc(N(C)Cc2ncc[nH]2)n1. The molecule has 0 spiro atoms. The summed E-state index contributed by atoms with van der Waals surface area (Å²) in [6.45, 7) is 6.47. The van der Waals surface area contributed by atoms with Gasteiger partial charge in [-0.25, -0.2) is 9.97 Å². The van der Waals surface area contributed by atoms with Gasteiger partial charge in [0, 0.05) is 24.8 Å². The van der Waals surface area contributed by atoms with Crippen LogP contribution in [-0.2, 0) is 21.5 Å². The van der Waals surface area contributed by atoms with Gasteiger partial charge in [-0.15, -0.1) is 11.3 Å². The van der Waals surface area contributed by atoms with Gasteiger partial charge in [-0.1, -0.05) is 0 Å². The maximum atomic E-state index is 12.0. The van der Waals surface area contributed by atoms with Crippen molar-refractivity contribution in [2.75, 3.05) is 18.6 Å². The van der Waals surface area contributed by atoms with E-state index >= 15 is 0 Å². The quantitative estimate of drug-likeness (QED) is 0.829. The average Bonchev–Trinajstić information content (AvgIpc) is 3.09. The zero-order chi connectivity index (χ0) is 15.5. The Balaban J connectivity index is 2.11. The van der Waals surface area contributed by atoms with Gasteiger partial charge in [0.05, 0.1) is 18.8 Å². The number of aromatic nitrogens is 3. The molecule has 0 saturated heterocycles. The molecular weight excluding hydrogens is 288 g/mol. The third kappa shape index (κ3) is 3.41. The summed E-state index contributed by atoms with van der Waals surface area (Å²) in [4.78, 5) is 25.8. The summed E-state index contributed by atoms with van der Waals surface area (Å²) < 4.78 is 5.11. The molecule has 21 heavy (non-hydrogen) atoms. The second-order valence-corrected chi connectivity index (χ2v) is 6.09. The van der Waals surface area contributed by atoms with Crippen LogP contribution in [0.2, 0.25) is 0 Å². The average molecular weight is 308 g/mol. The van der Waals surface area contributed by atoms with Crippen LogP contribution in [0.1, 0.15) is 32.3 Å². The number of esters is 1. The number of ether oxygens (including phenoxy) is 1. The van der Waals surface area contributed by atoms with E-state index in [9.17, 15) is 4.79 Å². The van der Waals surface area contributed by atoms with Crippen molar-refractivity contribution >= 4 is 22.4 Å². The minimum atomic E-state index is -0.740. The minimum Gasteiger partial charge on any atom is -0.465 e. The predicted molar refractivity (Wildman–Crippen MR) is 82.5 cm³/mol. The highest BCUT2D eigenvalue weighted by Crippen LogP contribution is 2.30. The van der Waals surface area contributed by atoms with Crippen molar-refractivity contribution in [2.24, 2.45) is 0 Å². The molecule has 0 aliphatic rings. The molecule has 7 heteroatoms. The zero-order valence-corrected chi connectivity index (χ0v) is 13.5. The van der Waals surface area contributed by atoms with E-state index in [1.807, 2.05) is 31.2 Å². The van der Waals surface area contributed by atoms with Crippen molar-refractivity contribution in [2.45, 2.75) is 32.7 Å². The third-order valence-corrected chi connectivity index (χ3v) is 4.14. The molecule has 6 nitrogen and oxygen atoms in total. The van der Waals surface area contributed by atoms with Crippen LogP contribution in [0.3, 0.4) is 0 Å². The minimum absolute atomic E-state index is 0.254. The topological polar surface area (TPSA) is 71.1 Å². The Hall–Kier alpha value is -1.89. The fraction of sp³-hybridized carbons (Fsp3) is 0.500. The summed E-state index contributed by atoms with van der Waals surface area (Å²) in [5, 5.41) is 2.75. The number of carbonyl (C=O) groups excluding carboxylic acids is 1. The van der Waals surface area contributed by atoms with Crippen LogP contribution in [0.5, 0.6) is 0 Å². The van der Waals surface area contributed by atoms with Gasteiger partial charge in [-0.05, 0) is 20.8 Å². The number of H-pyrrole nitrogens is 1. The van der Waals surface area contributed by atoms with Gasteiger partial charge in [0.2, 0.25) is 0 Å². The molecule has 2 aromatic rings. The van der Waals surface area contributed by atoms with Gasteiger partial charge >= 0.3 is 5.97 Å². The fourth-order valence-electron chi connectivity index (χ4n) is 1.82. The second kappa shape index (κ2) is 6.26. The van der Waals surface area contributed by atoms with E-state index < -0.39 is 5.41 Å². The molecule has 0 atom stereocenters. The number of nitrogens with one attached hydrogen (secondary N) is 1. The summed E-state index contributed by atoms with van der Waals surface area (Å²) in [5.74, 6) is 0.620. The first-order valence-corrected chi connectivity index (χ1v) is 7.65. The summed E-state index contributed by atoms with van der Waals surface area (Å²) in [5.41, 5.74) is -0.0109. The number of rotatable bonds is 6. The van der Waals surface area contributed by atoms with Gasteiger partial charge < -0.3 is 14.6 Å². The van der Waals surface area contributed by atoms with Crippen LogP contribution in [0.4, 0.5) is 5.13 Å². The molecule has 0 fully saturated rings. The predicted octanol–water partition coefficient (Wildman–Crippen LogP) is 2.34. The van der Waals surface area contributed by atoms with Crippen molar-refractivity contribution < 1.29 is 9.53 Å². The van der Waals surface area contributed by atoms with E-state index in [0.29, 0.717) is 13.2 Å². The van der Waals surface area contributed by atoms with Gasteiger partial charge in [0.25, 0.3) is 0 Å². The van der Waals surface area contributed by atoms with Crippen molar-refractivity contribution in [1.29, 1.82) is 0 Å². The molecule has 0 radical (unpaired) electrons. The number of nitrogens with zero attached hydrogens (tertiary/aromatic N) is 3. The van der Waals surface area contributed by atoms with Crippen molar-refractivity contribution in [3.63, 3.8) is 0 Å². The summed E-state index contributed by atoms with van der Waals surface area (Å²) in [7, 11) is 1.95. The highest BCUT2D eigenvalue weighted by Gasteiger charge is 2.34. The van der Waals surface area contributed by atoms with Crippen LogP contribution >= 0.6 is 11.3 Å². The summed E-state index contributed by atoms with van der Waals surface area (Å²) in [6, 6.07) is 0. The Morgan fingerprint density at radius 2 is 2.29 bits per heavy atom. The van der Waals surface area contributed by atoms with Crippen LogP contribution < -0.4 is 4.90 Å². The molecule has 0 amide bonds. The molecule has 0 unspecified atom stereocenters. The molecule has 2 heterocycles. The number of hydrogen-bond donors (Lipinski definition) is 1. The number of carbonyl (C=O) groups is 1. The number of aromatic amines is 1. The van der Waals surface area contributed by atoms with E-state index in [0.717, 1.165) is 16.6 Å². The van der Waals surface area contributed by atoms with E-state index in [2.05, 4.69) is 15.0 Å². The lowest BCUT2D eigenvalue weighted by Crippen LogP contribution is -2.31. The Kier molecular flexibility index (Phi) is 4.62. The Bertz CT molecular complexity index is 592. The lowest BCUT2D eigenvalue weighted by molar-refractivity contribution is -0.148. The van der Waals surface area contributed by atoms with Gasteiger partial charge in [0.1, 0.15) is 11.2 Å². The standard InChI is InChI=1S/C14H20N4O2S/c1-5-20-12(19)14(2,3)10-9-21-13(17-10)18(4)8-11-15-6-7-16-11/h6-7,9H,5,8H2,1-4H3,(H,15,16). The summed E-state index contributed by atoms with van der Waals surface area (Å²) >= 11 is 1.51. The Labute approximate surface area is 128 Å². The van der Waals surface area contributed by atoms with Crippen molar-refractivity contribution in [3.05, 3.63) is 29.3 Å². The fourth-order valence-corrected chi connectivity index (χ4v) is 2.78. The first kappa shape index (κ1) is 15.5. The molecule has 114 valence electrons. The van der Waals surface area contributed by atoms with Gasteiger partial charge in [-0.2, -0.15) is 0 Å². The lowest BCUT2D eigenvalue weighted by atomic mass is 9.90. The van der Waals surface area contributed by atoms with E-state index in [-0.39, 0.29) is 5.97 Å². The Morgan fingerprint density at radius 1 is 1.52 bits per heavy atom. The second-order valence-electron chi connectivity index (χ2n) is 5.25. The van der Waals surface area contributed by atoms with E-state index in [4.69, 9.17) is 4.74 Å². The molecular formula is C14H20N4O2S. The van der Waals surface area contributed by atoms with Gasteiger partial charge in [0.15, 0.2) is 5.13 Å². The molecule has 2 aromatic heterocycles. The first-order valence-electron chi connectivity index (χ1n) is 6.77. The third-order valence-electron chi connectivity index (χ3n) is 3.19. The molecule has 0 aliphatic carbocycles. The molecule has 1 N–H and O–H groups in total. The van der Waals surface area contributed by atoms with Crippen LogP contribution in [0, 0.1) is 0 Å². The molecule has 0 saturated carbocycles. The molecule has 0 bridgehead atoms. The zero-order valence-electron chi connectivity index (χ0n) is 12.7. The van der Waals surface area contributed by atoms with Crippen molar-refractivity contribution in [1.82, 2.24) is 15.0 Å². The normalized spacial score (nSPS) is 11.4. The number of anilines is 1. The van der Waals surface area contributed by atoms with Crippen LogP contribution in [-0.4, -0.2) is 34.6 Å². The maximum absolute atomic E-state index is 12.0. The number of hydrogen-bond acceptors (Lipinski definition) is 6. The van der Waals surface area contributed by atoms with Crippen LogP contribution in [0.25, 0.3) is 0 Å². The largest absolute Gasteiger partial charge is 0.465 e. The highest BCUT2D eigenvalue weighted by atomic mass is 32.1. The monoisotopic (exact) mass is 308 g/mol. The Morgan fingerprint density at radius 3 is 2.90 bits per heavy atom. The smallest absolute Gasteiger partial charge is 0.317 e.